The number of ether oxygens (including phenoxy) is 2. The van der Waals surface area contributed by atoms with Gasteiger partial charge in [-0.05, 0) is 49.4 Å². The van der Waals surface area contributed by atoms with Gasteiger partial charge in [-0.3, -0.25) is 9.59 Å². The van der Waals surface area contributed by atoms with Gasteiger partial charge in [-0.1, -0.05) is 11.8 Å². The van der Waals surface area contributed by atoms with Gasteiger partial charge in [0.2, 0.25) is 12.7 Å². The van der Waals surface area contributed by atoms with Crippen molar-refractivity contribution in [2.24, 2.45) is 0 Å². The number of carbonyl (C=O) groups is 3. The van der Waals surface area contributed by atoms with Crippen LogP contribution in [0.3, 0.4) is 0 Å². The second-order valence-electron chi connectivity index (χ2n) is 7.11. The SMILES string of the molecule is CCn1c(CNC(=O)c2ccc3c(c2)OCO3)nnc1SCC(=O)Nc1ccc(C(=O)O)cc1. The highest BCUT2D eigenvalue weighted by atomic mass is 32.2. The van der Waals surface area contributed by atoms with Crippen LogP contribution in [0.25, 0.3) is 0 Å². The fraction of sp³-hybridized carbons (Fsp3) is 0.227. The third kappa shape index (κ3) is 5.29. The van der Waals surface area contributed by atoms with Crippen LogP contribution in [0.15, 0.2) is 47.6 Å². The molecule has 0 bridgehead atoms. The van der Waals surface area contributed by atoms with Crippen LogP contribution in [0.5, 0.6) is 11.5 Å². The molecule has 0 unspecified atom stereocenters. The van der Waals surface area contributed by atoms with Crippen molar-refractivity contribution >= 4 is 35.2 Å². The van der Waals surface area contributed by atoms with Gasteiger partial charge in [0.25, 0.3) is 5.91 Å². The number of rotatable bonds is 9. The summed E-state index contributed by atoms with van der Waals surface area (Å²) in [7, 11) is 0. The molecule has 0 saturated carbocycles. The van der Waals surface area contributed by atoms with Gasteiger partial charge in [-0.25, -0.2) is 4.79 Å². The first kappa shape index (κ1) is 23.1. The van der Waals surface area contributed by atoms with Gasteiger partial charge in [0.05, 0.1) is 17.9 Å². The number of anilines is 1. The minimum Gasteiger partial charge on any atom is -0.478 e. The Balaban J connectivity index is 1.31. The van der Waals surface area contributed by atoms with Crippen LogP contribution in [-0.2, 0) is 17.9 Å². The number of nitrogens with one attached hydrogen (secondary N) is 2. The summed E-state index contributed by atoms with van der Waals surface area (Å²) in [5, 5.41) is 23.3. The van der Waals surface area contributed by atoms with Gasteiger partial charge in [0.15, 0.2) is 22.5 Å². The van der Waals surface area contributed by atoms with Gasteiger partial charge < -0.3 is 29.8 Å². The highest BCUT2D eigenvalue weighted by Crippen LogP contribution is 2.32. The zero-order valence-electron chi connectivity index (χ0n) is 18.1. The Labute approximate surface area is 198 Å². The van der Waals surface area contributed by atoms with Crippen molar-refractivity contribution in [1.29, 1.82) is 0 Å². The number of carboxylic acids is 1. The van der Waals surface area contributed by atoms with Crippen LogP contribution >= 0.6 is 11.8 Å². The fourth-order valence-corrected chi connectivity index (χ4v) is 4.02. The van der Waals surface area contributed by atoms with Crippen molar-refractivity contribution in [2.45, 2.75) is 25.2 Å². The Hall–Kier alpha value is -4.06. The maximum Gasteiger partial charge on any atom is 0.335 e. The maximum absolute atomic E-state index is 12.5. The van der Waals surface area contributed by atoms with Gasteiger partial charge >= 0.3 is 5.97 Å². The van der Waals surface area contributed by atoms with Gasteiger partial charge in [-0.2, -0.15) is 0 Å². The van der Waals surface area contributed by atoms with E-state index >= 15 is 0 Å². The van der Waals surface area contributed by atoms with E-state index in [2.05, 4.69) is 20.8 Å². The molecule has 11 nitrogen and oxygen atoms in total. The average molecular weight is 484 g/mol. The molecule has 0 aliphatic carbocycles. The van der Waals surface area contributed by atoms with Crippen molar-refractivity contribution in [2.75, 3.05) is 17.9 Å². The predicted molar refractivity (Wildman–Crippen MR) is 122 cm³/mol. The molecule has 2 amide bonds. The highest BCUT2D eigenvalue weighted by molar-refractivity contribution is 7.99. The van der Waals surface area contributed by atoms with Crippen LogP contribution in [0.1, 0.15) is 33.5 Å². The second kappa shape index (κ2) is 10.3. The summed E-state index contributed by atoms with van der Waals surface area (Å²) in [5.74, 6) is 0.189. The third-order valence-electron chi connectivity index (χ3n) is 4.90. The van der Waals surface area contributed by atoms with E-state index < -0.39 is 5.97 Å². The number of benzene rings is 2. The molecule has 176 valence electrons. The minimum absolute atomic E-state index is 0.0857. The molecule has 4 rings (SSSR count). The van der Waals surface area contributed by atoms with Crippen molar-refractivity contribution in [1.82, 2.24) is 20.1 Å². The number of carbonyl (C=O) groups excluding carboxylic acids is 2. The zero-order valence-corrected chi connectivity index (χ0v) is 18.9. The topological polar surface area (TPSA) is 145 Å². The summed E-state index contributed by atoms with van der Waals surface area (Å²) in [6.07, 6.45) is 0. The summed E-state index contributed by atoms with van der Waals surface area (Å²) >= 11 is 1.21. The average Bonchev–Trinajstić information content (AvgIpc) is 3.47. The van der Waals surface area contributed by atoms with E-state index in [0.717, 1.165) is 0 Å². The Kier molecular flexibility index (Phi) is 6.97. The van der Waals surface area contributed by atoms with E-state index in [9.17, 15) is 14.4 Å². The predicted octanol–water partition coefficient (Wildman–Crippen LogP) is 2.39. The number of hydrogen-bond donors (Lipinski definition) is 3. The van der Waals surface area contributed by atoms with Crippen molar-refractivity contribution in [3.05, 3.63) is 59.4 Å². The lowest BCUT2D eigenvalue weighted by atomic mass is 10.2. The number of nitrogens with zero attached hydrogens (tertiary/aromatic N) is 3. The number of aromatic nitrogens is 3. The van der Waals surface area contributed by atoms with Crippen molar-refractivity contribution in [3.8, 4) is 11.5 Å². The first-order valence-corrected chi connectivity index (χ1v) is 11.3. The normalized spacial score (nSPS) is 11.8. The van der Waals surface area contributed by atoms with E-state index in [-0.39, 0.29) is 36.5 Å². The van der Waals surface area contributed by atoms with Crippen LogP contribution in [-0.4, -0.2) is 50.2 Å². The molecule has 0 spiro atoms. The molecule has 1 aliphatic heterocycles. The van der Waals surface area contributed by atoms with Crippen LogP contribution < -0.4 is 20.1 Å². The maximum atomic E-state index is 12.5. The zero-order chi connectivity index (χ0) is 24.1. The number of fused-ring (bicyclic) bond motifs is 1. The number of hydrogen-bond acceptors (Lipinski definition) is 8. The Bertz CT molecular complexity index is 1230. The second-order valence-corrected chi connectivity index (χ2v) is 8.06. The summed E-state index contributed by atoms with van der Waals surface area (Å²) in [6.45, 7) is 2.77. The summed E-state index contributed by atoms with van der Waals surface area (Å²) in [6, 6.07) is 10.9. The first-order valence-electron chi connectivity index (χ1n) is 10.3. The van der Waals surface area contributed by atoms with Gasteiger partial charge in [0.1, 0.15) is 0 Å². The Morgan fingerprint density at radius 2 is 1.79 bits per heavy atom. The number of amides is 2. The molecule has 3 aromatic rings. The largest absolute Gasteiger partial charge is 0.478 e. The lowest BCUT2D eigenvalue weighted by Gasteiger charge is -2.09. The lowest BCUT2D eigenvalue weighted by Crippen LogP contribution is -2.24. The van der Waals surface area contributed by atoms with Crippen molar-refractivity contribution in [3.63, 3.8) is 0 Å². The quantitative estimate of drug-likeness (QED) is 0.391. The molecule has 0 fully saturated rings. The summed E-state index contributed by atoms with van der Waals surface area (Å²) < 4.78 is 12.4. The van der Waals surface area contributed by atoms with Gasteiger partial charge in [0, 0.05) is 17.8 Å². The molecular formula is C22H21N5O6S. The molecule has 2 heterocycles. The van der Waals surface area contributed by atoms with Gasteiger partial charge in [-0.15, -0.1) is 10.2 Å². The minimum atomic E-state index is -1.03. The number of thioether (sulfide) groups is 1. The molecule has 1 aromatic heterocycles. The number of aromatic carboxylic acids is 1. The van der Waals surface area contributed by atoms with E-state index in [1.54, 1.807) is 18.2 Å². The molecule has 1 aliphatic rings. The monoisotopic (exact) mass is 483 g/mol. The molecule has 2 aromatic carbocycles. The molecule has 0 atom stereocenters. The van der Waals surface area contributed by atoms with Crippen LogP contribution in [0.4, 0.5) is 5.69 Å². The van der Waals surface area contributed by atoms with E-state index in [4.69, 9.17) is 14.6 Å². The molecule has 0 radical (unpaired) electrons. The van der Waals surface area contributed by atoms with E-state index in [1.807, 2.05) is 11.5 Å². The van der Waals surface area contributed by atoms with Crippen LogP contribution in [0, 0.1) is 0 Å². The van der Waals surface area contributed by atoms with Crippen molar-refractivity contribution < 1.29 is 29.0 Å². The Morgan fingerprint density at radius 1 is 1.06 bits per heavy atom. The first-order chi connectivity index (χ1) is 16.4. The van der Waals surface area contributed by atoms with Crippen LogP contribution in [0.2, 0.25) is 0 Å². The van der Waals surface area contributed by atoms with E-state index in [0.29, 0.717) is 40.3 Å². The number of carboxylic acid groups (broad SMARTS) is 1. The molecule has 12 heteroatoms. The Morgan fingerprint density at radius 3 is 2.53 bits per heavy atom. The standard InChI is InChI=1S/C22H21N5O6S/c1-2-27-18(10-23-20(29)14-5-8-16-17(9-14)33-12-32-16)25-26-22(27)34-11-19(28)24-15-6-3-13(4-7-15)21(30)31/h3-9H,2,10-12H2,1H3,(H,23,29)(H,24,28)(H,30,31). The molecule has 34 heavy (non-hydrogen) atoms. The summed E-state index contributed by atoms with van der Waals surface area (Å²) in [4.78, 5) is 35.7. The fourth-order valence-electron chi connectivity index (χ4n) is 3.20. The lowest BCUT2D eigenvalue weighted by molar-refractivity contribution is -0.113. The van der Waals surface area contributed by atoms with E-state index in [1.165, 1.54) is 36.0 Å². The summed E-state index contributed by atoms with van der Waals surface area (Å²) in [5.41, 5.74) is 1.08. The smallest absolute Gasteiger partial charge is 0.335 e. The molecule has 3 N–H and O–H groups in total. The molecular weight excluding hydrogens is 462 g/mol. The third-order valence-corrected chi connectivity index (χ3v) is 5.87. The highest BCUT2D eigenvalue weighted by Gasteiger charge is 2.18. The molecule has 0 saturated heterocycles.